The molecule has 2 aromatic rings. The van der Waals surface area contributed by atoms with E-state index in [-0.39, 0.29) is 0 Å². The van der Waals surface area contributed by atoms with Crippen LogP contribution >= 0.6 is 0 Å². The van der Waals surface area contributed by atoms with Crippen molar-refractivity contribution in [1.82, 2.24) is 15.0 Å². The minimum Gasteiger partial charge on any atom is -0.386 e. The van der Waals surface area contributed by atoms with Gasteiger partial charge >= 0.3 is 0 Å². The topological polar surface area (TPSA) is 50.9 Å². The van der Waals surface area contributed by atoms with E-state index in [2.05, 4.69) is 10.2 Å². The number of hydrogen-bond donors (Lipinski definition) is 1. The van der Waals surface area contributed by atoms with Crippen molar-refractivity contribution in [3.8, 4) is 5.69 Å². The average Bonchev–Trinajstić information content (AvgIpc) is 2.69. The van der Waals surface area contributed by atoms with E-state index in [1.54, 1.807) is 26.2 Å². The van der Waals surface area contributed by atoms with Crippen LogP contribution in [0.15, 0.2) is 36.7 Å². The Kier molecular flexibility index (Phi) is 2.28. The zero-order valence-electron chi connectivity index (χ0n) is 8.75. The van der Waals surface area contributed by atoms with Gasteiger partial charge in [-0.3, -0.25) is 0 Å². The third kappa shape index (κ3) is 2.05. The summed E-state index contributed by atoms with van der Waals surface area (Å²) in [6.45, 7) is 3.51. The first-order valence-electron chi connectivity index (χ1n) is 4.77. The van der Waals surface area contributed by atoms with Crippen molar-refractivity contribution in [2.45, 2.75) is 19.4 Å². The first-order valence-corrected chi connectivity index (χ1v) is 4.77. The minimum absolute atomic E-state index is 0.844. The van der Waals surface area contributed by atoms with Gasteiger partial charge in [0, 0.05) is 0 Å². The van der Waals surface area contributed by atoms with Gasteiger partial charge in [0.15, 0.2) is 0 Å². The van der Waals surface area contributed by atoms with Crippen molar-refractivity contribution < 1.29 is 5.11 Å². The summed E-state index contributed by atoms with van der Waals surface area (Å²) in [5.74, 6) is 0. The van der Waals surface area contributed by atoms with E-state index in [0.29, 0.717) is 0 Å². The molecule has 0 amide bonds. The van der Waals surface area contributed by atoms with Crippen LogP contribution in [0.4, 0.5) is 0 Å². The predicted molar refractivity (Wildman–Crippen MR) is 56.6 cm³/mol. The Morgan fingerprint density at radius 3 is 2.47 bits per heavy atom. The van der Waals surface area contributed by atoms with Crippen LogP contribution in [0.1, 0.15) is 19.4 Å². The molecule has 0 radical (unpaired) electrons. The van der Waals surface area contributed by atoms with Crippen LogP contribution in [0.5, 0.6) is 0 Å². The maximum absolute atomic E-state index is 9.86. The molecule has 0 atom stereocenters. The second kappa shape index (κ2) is 3.47. The Labute approximate surface area is 88.2 Å². The summed E-state index contributed by atoms with van der Waals surface area (Å²) >= 11 is 0. The fourth-order valence-corrected chi connectivity index (χ4v) is 1.36. The molecule has 4 nitrogen and oxygen atoms in total. The smallest absolute Gasteiger partial charge is 0.0860 e. The lowest BCUT2D eigenvalue weighted by atomic mass is 9.98. The molecule has 78 valence electrons. The highest BCUT2D eigenvalue weighted by atomic mass is 16.3. The number of aliphatic hydroxyl groups is 1. The fraction of sp³-hybridized carbons (Fsp3) is 0.273. The summed E-state index contributed by atoms with van der Waals surface area (Å²) in [7, 11) is 0. The van der Waals surface area contributed by atoms with E-state index in [1.807, 2.05) is 24.3 Å². The van der Waals surface area contributed by atoms with Crippen LogP contribution in [0.3, 0.4) is 0 Å². The van der Waals surface area contributed by atoms with Crippen molar-refractivity contribution in [1.29, 1.82) is 0 Å². The second-order valence-electron chi connectivity index (χ2n) is 3.93. The number of rotatable bonds is 2. The van der Waals surface area contributed by atoms with Crippen LogP contribution in [0.2, 0.25) is 0 Å². The molecule has 0 aliphatic heterocycles. The molecule has 0 aliphatic rings. The standard InChI is InChI=1S/C11H13N3O/c1-11(2,15)9-4-3-5-10(8-9)14-12-6-7-13-14/h3-8,15H,1-2H3. The molecule has 0 saturated carbocycles. The number of benzene rings is 1. The highest BCUT2D eigenvalue weighted by Gasteiger charge is 2.16. The highest BCUT2D eigenvalue weighted by molar-refractivity contribution is 5.36. The van der Waals surface area contributed by atoms with Crippen molar-refractivity contribution in [2.75, 3.05) is 0 Å². The molecule has 15 heavy (non-hydrogen) atoms. The monoisotopic (exact) mass is 203 g/mol. The van der Waals surface area contributed by atoms with Gasteiger partial charge in [0.05, 0.1) is 23.7 Å². The molecule has 0 unspecified atom stereocenters. The Balaban J connectivity index is 2.44. The largest absolute Gasteiger partial charge is 0.386 e. The SMILES string of the molecule is CC(C)(O)c1cccc(-n2nccn2)c1. The quantitative estimate of drug-likeness (QED) is 0.804. The lowest BCUT2D eigenvalue weighted by molar-refractivity contribution is 0.0786. The molecular weight excluding hydrogens is 190 g/mol. The van der Waals surface area contributed by atoms with Crippen LogP contribution in [0, 0.1) is 0 Å². The molecule has 0 saturated heterocycles. The van der Waals surface area contributed by atoms with Gasteiger partial charge < -0.3 is 5.11 Å². The van der Waals surface area contributed by atoms with Crippen LogP contribution < -0.4 is 0 Å². The third-order valence-corrected chi connectivity index (χ3v) is 2.20. The van der Waals surface area contributed by atoms with E-state index < -0.39 is 5.60 Å². The van der Waals surface area contributed by atoms with Gasteiger partial charge in [0.25, 0.3) is 0 Å². The van der Waals surface area contributed by atoms with Crippen molar-refractivity contribution in [3.05, 3.63) is 42.2 Å². The van der Waals surface area contributed by atoms with Crippen molar-refractivity contribution in [2.24, 2.45) is 0 Å². The van der Waals surface area contributed by atoms with Gasteiger partial charge in [0.1, 0.15) is 0 Å². The summed E-state index contributed by atoms with van der Waals surface area (Å²) in [5.41, 5.74) is 0.848. The average molecular weight is 203 g/mol. The molecule has 2 rings (SSSR count). The minimum atomic E-state index is -0.844. The zero-order valence-corrected chi connectivity index (χ0v) is 8.75. The first-order chi connectivity index (χ1) is 7.07. The van der Waals surface area contributed by atoms with Gasteiger partial charge in [0.2, 0.25) is 0 Å². The van der Waals surface area contributed by atoms with Gasteiger partial charge in [-0.1, -0.05) is 12.1 Å². The number of nitrogens with zero attached hydrogens (tertiary/aromatic N) is 3. The Morgan fingerprint density at radius 2 is 1.87 bits per heavy atom. The van der Waals surface area contributed by atoms with E-state index in [4.69, 9.17) is 0 Å². The second-order valence-corrected chi connectivity index (χ2v) is 3.93. The van der Waals surface area contributed by atoms with Crippen LogP contribution in [-0.2, 0) is 5.60 Å². The molecular formula is C11H13N3O. The van der Waals surface area contributed by atoms with Crippen LogP contribution in [0.25, 0.3) is 5.69 Å². The summed E-state index contributed by atoms with van der Waals surface area (Å²) in [4.78, 5) is 1.52. The van der Waals surface area contributed by atoms with E-state index in [9.17, 15) is 5.11 Å². The number of aromatic nitrogens is 3. The van der Waals surface area contributed by atoms with Crippen molar-refractivity contribution >= 4 is 0 Å². The molecule has 1 N–H and O–H groups in total. The summed E-state index contributed by atoms with van der Waals surface area (Å²) in [6.07, 6.45) is 3.24. The predicted octanol–water partition coefficient (Wildman–Crippen LogP) is 1.49. The molecule has 0 spiro atoms. The normalized spacial score (nSPS) is 11.7. The molecule has 4 heteroatoms. The fourth-order valence-electron chi connectivity index (χ4n) is 1.36. The lowest BCUT2D eigenvalue weighted by Crippen LogP contribution is -2.15. The Bertz CT molecular complexity index is 443. The maximum Gasteiger partial charge on any atom is 0.0860 e. The Hall–Kier alpha value is -1.68. The van der Waals surface area contributed by atoms with Crippen molar-refractivity contribution in [3.63, 3.8) is 0 Å². The van der Waals surface area contributed by atoms with Gasteiger partial charge in [-0.25, -0.2) is 0 Å². The van der Waals surface area contributed by atoms with E-state index in [1.165, 1.54) is 4.80 Å². The van der Waals surface area contributed by atoms with E-state index in [0.717, 1.165) is 11.3 Å². The lowest BCUT2D eigenvalue weighted by Gasteiger charge is -2.18. The zero-order chi connectivity index (χ0) is 10.9. The van der Waals surface area contributed by atoms with Gasteiger partial charge in [-0.05, 0) is 31.5 Å². The molecule has 1 heterocycles. The number of hydrogen-bond acceptors (Lipinski definition) is 3. The van der Waals surface area contributed by atoms with E-state index >= 15 is 0 Å². The molecule has 0 bridgehead atoms. The molecule has 1 aromatic heterocycles. The third-order valence-electron chi connectivity index (χ3n) is 2.20. The Morgan fingerprint density at radius 1 is 1.20 bits per heavy atom. The van der Waals surface area contributed by atoms with Crippen LogP contribution in [-0.4, -0.2) is 20.1 Å². The molecule has 0 fully saturated rings. The highest BCUT2D eigenvalue weighted by Crippen LogP contribution is 2.21. The molecule has 0 aliphatic carbocycles. The molecule has 1 aromatic carbocycles. The maximum atomic E-state index is 9.86. The summed E-state index contributed by atoms with van der Waals surface area (Å²) < 4.78 is 0. The van der Waals surface area contributed by atoms with Gasteiger partial charge in [-0.15, -0.1) is 0 Å². The first kappa shape index (κ1) is 9.86. The summed E-state index contributed by atoms with van der Waals surface area (Å²) in [5, 5.41) is 17.9. The van der Waals surface area contributed by atoms with Gasteiger partial charge in [-0.2, -0.15) is 15.0 Å². The summed E-state index contributed by atoms with van der Waals surface area (Å²) in [6, 6.07) is 7.54.